The van der Waals surface area contributed by atoms with E-state index in [2.05, 4.69) is 15.5 Å². The number of hydrogen-bond acceptors (Lipinski definition) is 7. The standard InChI is InChI=1S/C19H18N4O4/c1-3-26-18-8-7-14(13(2)24)9-16(18)11-27-19(25)15-5-4-6-17(10-15)23-12-20-21-22-23/h4-10,12H,3,11H2,1-2H3. The summed E-state index contributed by atoms with van der Waals surface area (Å²) in [5.41, 5.74) is 2.17. The van der Waals surface area contributed by atoms with Crippen molar-refractivity contribution in [3.05, 3.63) is 65.5 Å². The molecular formula is C19H18N4O4. The van der Waals surface area contributed by atoms with Gasteiger partial charge in [0, 0.05) is 11.1 Å². The second-order valence-corrected chi connectivity index (χ2v) is 5.69. The summed E-state index contributed by atoms with van der Waals surface area (Å²) in [5, 5.41) is 10.9. The van der Waals surface area contributed by atoms with Gasteiger partial charge < -0.3 is 9.47 Å². The molecule has 0 amide bonds. The summed E-state index contributed by atoms with van der Waals surface area (Å²) in [6, 6.07) is 11.8. The molecule has 27 heavy (non-hydrogen) atoms. The molecule has 8 heteroatoms. The quantitative estimate of drug-likeness (QED) is 0.468. The molecule has 0 N–H and O–H groups in total. The summed E-state index contributed by atoms with van der Waals surface area (Å²) >= 11 is 0. The molecule has 0 radical (unpaired) electrons. The molecule has 0 unspecified atom stereocenters. The van der Waals surface area contributed by atoms with Gasteiger partial charge in [0.25, 0.3) is 0 Å². The number of nitrogens with zero attached hydrogens (tertiary/aromatic N) is 4. The van der Waals surface area contributed by atoms with E-state index in [1.165, 1.54) is 17.9 Å². The number of carbonyl (C=O) groups is 2. The van der Waals surface area contributed by atoms with Crippen LogP contribution in [-0.2, 0) is 11.3 Å². The molecule has 0 aliphatic rings. The number of tetrazole rings is 1. The molecule has 3 rings (SSSR count). The highest BCUT2D eigenvalue weighted by atomic mass is 16.5. The number of esters is 1. The first-order valence-corrected chi connectivity index (χ1v) is 8.35. The third kappa shape index (κ3) is 4.35. The minimum atomic E-state index is -0.499. The van der Waals surface area contributed by atoms with Crippen LogP contribution in [0.2, 0.25) is 0 Å². The monoisotopic (exact) mass is 366 g/mol. The van der Waals surface area contributed by atoms with Gasteiger partial charge in [-0.2, -0.15) is 0 Å². The van der Waals surface area contributed by atoms with Crippen molar-refractivity contribution in [2.75, 3.05) is 6.61 Å². The van der Waals surface area contributed by atoms with Crippen LogP contribution in [0.1, 0.15) is 40.1 Å². The zero-order valence-corrected chi connectivity index (χ0v) is 15.0. The van der Waals surface area contributed by atoms with Crippen LogP contribution in [0, 0.1) is 0 Å². The molecule has 0 bridgehead atoms. The number of hydrogen-bond donors (Lipinski definition) is 0. The number of benzene rings is 2. The normalized spacial score (nSPS) is 10.4. The van der Waals surface area contributed by atoms with Crippen molar-refractivity contribution in [2.24, 2.45) is 0 Å². The third-order valence-electron chi connectivity index (χ3n) is 3.82. The molecule has 2 aromatic carbocycles. The maximum atomic E-state index is 12.4. The van der Waals surface area contributed by atoms with Crippen molar-refractivity contribution in [1.82, 2.24) is 20.2 Å². The Hall–Kier alpha value is -3.55. The van der Waals surface area contributed by atoms with Crippen molar-refractivity contribution < 1.29 is 19.1 Å². The van der Waals surface area contributed by atoms with Crippen LogP contribution in [0.15, 0.2) is 48.8 Å². The fraction of sp³-hybridized carbons (Fsp3) is 0.211. The molecule has 0 atom stereocenters. The molecule has 138 valence electrons. The van der Waals surface area contributed by atoms with E-state index < -0.39 is 5.97 Å². The summed E-state index contributed by atoms with van der Waals surface area (Å²) in [7, 11) is 0. The van der Waals surface area contributed by atoms with Crippen LogP contribution in [0.3, 0.4) is 0 Å². The molecule has 0 saturated carbocycles. The Bertz CT molecular complexity index is 954. The maximum absolute atomic E-state index is 12.4. The molecule has 3 aromatic rings. The maximum Gasteiger partial charge on any atom is 0.338 e. The molecule has 1 heterocycles. The minimum Gasteiger partial charge on any atom is -0.493 e. The van der Waals surface area contributed by atoms with Gasteiger partial charge in [0.15, 0.2) is 5.78 Å². The van der Waals surface area contributed by atoms with E-state index in [1.54, 1.807) is 42.5 Å². The van der Waals surface area contributed by atoms with Gasteiger partial charge in [-0.3, -0.25) is 4.79 Å². The van der Waals surface area contributed by atoms with Crippen LogP contribution >= 0.6 is 0 Å². The van der Waals surface area contributed by atoms with E-state index in [0.29, 0.717) is 34.7 Å². The molecule has 8 nitrogen and oxygen atoms in total. The van der Waals surface area contributed by atoms with Crippen molar-refractivity contribution in [1.29, 1.82) is 0 Å². The Morgan fingerprint density at radius 3 is 2.67 bits per heavy atom. The number of ether oxygens (including phenoxy) is 2. The van der Waals surface area contributed by atoms with Crippen molar-refractivity contribution >= 4 is 11.8 Å². The number of aromatic nitrogens is 4. The van der Waals surface area contributed by atoms with E-state index in [9.17, 15) is 9.59 Å². The Morgan fingerprint density at radius 2 is 1.96 bits per heavy atom. The highest BCUT2D eigenvalue weighted by molar-refractivity contribution is 5.94. The van der Waals surface area contributed by atoms with Gasteiger partial charge in [0.2, 0.25) is 0 Å². The first-order valence-electron chi connectivity index (χ1n) is 8.35. The Morgan fingerprint density at radius 1 is 1.11 bits per heavy atom. The lowest BCUT2D eigenvalue weighted by atomic mass is 10.1. The van der Waals surface area contributed by atoms with Crippen LogP contribution in [0.4, 0.5) is 0 Å². The van der Waals surface area contributed by atoms with Crippen LogP contribution < -0.4 is 4.74 Å². The fourth-order valence-electron chi connectivity index (χ4n) is 2.49. The zero-order valence-electron chi connectivity index (χ0n) is 15.0. The summed E-state index contributed by atoms with van der Waals surface area (Å²) in [4.78, 5) is 24.0. The Labute approximate surface area is 155 Å². The summed E-state index contributed by atoms with van der Waals surface area (Å²) in [5.74, 6) is 0.0121. The van der Waals surface area contributed by atoms with Crippen molar-refractivity contribution in [2.45, 2.75) is 20.5 Å². The SMILES string of the molecule is CCOc1ccc(C(C)=O)cc1COC(=O)c1cccc(-n2cnnn2)c1. The van der Waals surface area contributed by atoms with Gasteiger partial charge in [0.1, 0.15) is 18.7 Å². The Kier molecular flexibility index (Phi) is 5.55. The molecule has 0 aliphatic carbocycles. The van der Waals surface area contributed by atoms with E-state index in [-0.39, 0.29) is 12.4 Å². The topological polar surface area (TPSA) is 96.2 Å². The van der Waals surface area contributed by atoms with Crippen molar-refractivity contribution in [3.63, 3.8) is 0 Å². The third-order valence-corrected chi connectivity index (χ3v) is 3.82. The number of rotatable bonds is 7. The van der Waals surface area contributed by atoms with E-state index in [0.717, 1.165) is 0 Å². The molecule has 1 aromatic heterocycles. The summed E-state index contributed by atoms with van der Waals surface area (Å²) in [6.45, 7) is 3.80. The van der Waals surface area contributed by atoms with E-state index >= 15 is 0 Å². The molecule has 0 fully saturated rings. The Balaban J connectivity index is 1.76. The van der Waals surface area contributed by atoms with Crippen LogP contribution in [0.5, 0.6) is 5.75 Å². The number of Topliss-reactive ketones (excluding diaryl/α,β-unsaturated/α-hetero) is 1. The van der Waals surface area contributed by atoms with Gasteiger partial charge in [0.05, 0.1) is 17.9 Å². The molecule has 0 spiro atoms. The van der Waals surface area contributed by atoms with Crippen LogP contribution in [0.25, 0.3) is 5.69 Å². The smallest absolute Gasteiger partial charge is 0.338 e. The second kappa shape index (κ2) is 8.22. The molecule has 0 aliphatic heterocycles. The lowest BCUT2D eigenvalue weighted by molar-refractivity contribution is 0.0469. The summed E-state index contributed by atoms with van der Waals surface area (Å²) in [6.07, 6.45) is 1.44. The largest absolute Gasteiger partial charge is 0.493 e. The predicted octanol–water partition coefficient (Wildman–Crippen LogP) is 2.62. The lowest BCUT2D eigenvalue weighted by Gasteiger charge is -2.12. The minimum absolute atomic E-state index is 0.00953. The first kappa shape index (κ1) is 18.2. The highest BCUT2D eigenvalue weighted by Gasteiger charge is 2.13. The molecule has 0 saturated heterocycles. The van der Waals surface area contributed by atoms with E-state index in [4.69, 9.17) is 9.47 Å². The van der Waals surface area contributed by atoms with Gasteiger partial charge in [-0.15, -0.1) is 5.10 Å². The average Bonchev–Trinajstić information content (AvgIpc) is 3.22. The zero-order chi connectivity index (χ0) is 19.2. The lowest BCUT2D eigenvalue weighted by Crippen LogP contribution is -2.08. The highest BCUT2D eigenvalue weighted by Crippen LogP contribution is 2.22. The van der Waals surface area contributed by atoms with Gasteiger partial charge >= 0.3 is 5.97 Å². The van der Waals surface area contributed by atoms with Gasteiger partial charge in [-0.05, 0) is 60.7 Å². The van der Waals surface area contributed by atoms with Crippen LogP contribution in [-0.4, -0.2) is 38.6 Å². The second-order valence-electron chi connectivity index (χ2n) is 5.69. The average molecular weight is 366 g/mol. The van der Waals surface area contributed by atoms with Crippen molar-refractivity contribution in [3.8, 4) is 11.4 Å². The first-order chi connectivity index (χ1) is 13.1. The predicted molar refractivity (Wildman–Crippen MR) is 95.9 cm³/mol. The number of ketones is 1. The molecular weight excluding hydrogens is 348 g/mol. The fourth-order valence-corrected chi connectivity index (χ4v) is 2.49. The van der Waals surface area contributed by atoms with E-state index in [1.807, 2.05) is 6.92 Å². The summed E-state index contributed by atoms with van der Waals surface area (Å²) < 4.78 is 12.4. The van der Waals surface area contributed by atoms with Gasteiger partial charge in [-0.1, -0.05) is 6.07 Å². The van der Waals surface area contributed by atoms with Gasteiger partial charge in [-0.25, -0.2) is 9.48 Å². The number of carbonyl (C=O) groups excluding carboxylic acids is 2.